The number of aryl methyl sites for hydroxylation is 1. The first-order valence-corrected chi connectivity index (χ1v) is 8.30. The molecule has 112 valence electrons. The van der Waals surface area contributed by atoms with E-state index >= 15 is 0 Å². The van der Waals surface area contributed by atoms with Crippen LogP contribution < -0.4 is 5.32 Å². The van der Waals surface area contributed by atoms with Gasteiger partial charge < -0.3 is 9.88 Å². The van der Waals surface area contributed by atoms with Crippen LogP contribution in [0.15, 0.2) is 59.1 Å². The van der Waals surface area contributed by atoms with E-state index < -0.39 is 0 Å². The van der Waals surface area contributed by atoms with Gasteiger partial charge in [0.15, 0.2) is 5.82 Å². The van der Waals surface area contributed by atoms with Crippen molar-refractivity contribution in [2.24, 2.45) is 7.05 Å². The van der Waals surface area contributed by atoms with Gasteiger partial charge in [0, 0.05) is 23.4 Å². The Kier molecular flexibility index (Phi) is 3.32. The molecule has 0 saturated carbocycles. The molecular weight excluding hydrogens is 304 g/mol. The number of aromatic nitrogens is 2. The van der Waals surface area contributed by atoms with Crippen LogP contribution in [0.4, 0.5) is 5.69 Å². The Bertz CT molecular complexity index is 978. The van der Waals surface area contributed by atoms with Gasteiger partial charge in [-0.2, -0.15) is 5.26 Å². The van der Waals surface area contributed by atoms with Crippen LogP contribution in [-0.2, 0) is 7.05 Å². The lowest BCUT2D eigenvalue weighted by molar-refractivity contribution is 0.922. The first-order chi connectivity index (χ1) is 11.3. The molecule has 0 amide bonds. The SMILES string of the molecule is Cn1c(/C(C#N)=C2\CSc3ccccc3N2)nc2ccccc21. The van der Waals surface area contributed by atoms with Gasteiger partial charge in [0.2, 0.25) is 0 Å². The fourth-order valence-corrected chi connectivity index (χ4v) is 3.77. The smallest absolute Gasteiger partial charge is 0.153 e. The van der Waals surface area contributed by atoms with Crippen molar-refractivity contribution in [2.75, 3.05) is 11.1 Å². The summed E-state index contributed by atoms with van der Waals surface area (Å²) in [4.78, 5) is 5.85. The van der Waals surface area contributed by atoms with Crippen molar-refractivity contribution < 1.29 is 0 Å². The molecule has 5 heteroatoms. The average molecular weight is 318 g/mol. The number of para-hydroxylation sites is 3. The van der Waals surface area contributed by atoms with Crippen LogP contribution in [0.2, 0.25) is 0 Å². The quantitative estimate of drug-likeness (QED) is 0.688. The molecule has 4 nitrogen and oxygen atoms in total. The molecule has 1 aromatic heterocycles. The molecule has 0 unspecified atom stereocenters. The van der Waals surface area contributed by atoms with Crippen molar-refractivity contribution in [2.45, 2.75) is 4.90 Å². The molecule has 0 bridgehead atoms. The standard InChI is InChI=1S/C18H14N4S/c1-22-16-8-4-2-6-13(16)21-18(22)12(10-19)15-11-23-17-9-5-3-7-14(17)20-15/h2-9,20H,11H2,1H3/b15-12+. The molecule has 1 N–H and O–H groups in total. The predicted molar refractivity (Wildman–Crippen MR) is 94.0 cm³/mol. The van der Waals surface area contributed by atoms with E-state index in [2.05, 4.69) is 22.4 Å². The molecule has 0 radical (unpaired) electrons. The highest BCUT2D eigenvalue weighted by atomic mass is 32.2. The summed E-state index contributed by atoms with van der Waals surface area (Å²) in [5.74, 6) is 1.44. The number of nitriles is 1. The maximum atomic E-state index is 9.72. The Hall–Kier alpha value is -2.71. The van der Waals surface area contributed by atoms with Gasteiger partial charge in [-0.3, -0.25) is 0 Å². The summed E-state index contributed by atoms with van der Waals surface area (Å²) in [5, 5.41) is 13.1. The van der Waals surface area contributed by atoms with E-state index in [1.54, 1.807) is 11.8 Å². The lowest BCUT2D eigenvalue weighted by Crippen LogP contribution is -2.12. The summed E-state index contributed by atoms with van der Waals surface area (Å²) >= 11 is 1.74. The van der Waals surface area contributed by atoms with Crippen molar-refractivity contribution in [3.05, 3.63) is 60.1 Å². The lowest BCUT2D eigenvalue weighted by atomic mass is 10.2. The number of nitrogens with one attached hydrogen (secondary N) is 1. The normalized spacial score (nSPS) is 15.7. The van der Waals surface area contributed by atoms with E-state index in [0.717, 1.165) is 28.2 Å². The zero-order valence-electron chi connectivity index (χ0n) is 12.6. The van der Waals surface area contributed by atoms with Gasteiger partial charge in [-0.05, 0) is 24.3 Å². The number of fused-ring (bicyclic) bond motifs is 2. The summed E-state index contributed by atoms with van der Waals surface area (Å²) in [6.45, 7) is 0. The second kappa shape index (κ2) is 5.49. The van der Waals surface area contributed by atoms with Gasteiger partial charge in [0.25, 0.3) is 0 Å². The van der Waals surface area contributed by atoms with Crippen LogP contribution in [0.1, 0.15) is 5.82 Å². The van der Waals surface area contributed by atoms with Gasteiger partial charge in [-0.25, -0.2) is 4.98 Å². The van der Waals surface area contributed by atoms with Crippen LogP contribution in [0, 0.1) is 11.3 Å². The third kappa shape index (κ3) is 2.28. The highest BCUT2D eigenvalue weighted by Gasteiger charge is 2.20. The monoisotopic (exact) mass is 318 g/mol. The van der Waals surface area contributed by atoms with Crippen LogP contribution in [0.5, 0.6) is 0 Å². The molecule has 0 fully saturated rings. The number of rotatable bonds is 1. The Morgan fingerprint density at radius 2 is 2.00 bits per heavy atom. The Balaban J connectivity index is 1.85. The van der Waals surface area contributed by atoms with Crippen LogP contribution in [0.25, 0.3) is 16.6 Å². The summed E-state index contributed by atoms with van der Waals surface area (Å²) in [5.41, 5.74) is 4.49. The van der Waals surface area contributed by atoms with Crippen LogP contribution in [0.3, 0.4) is 0 Å². The maximum absolute atomic E-state index is 9.72. The summed E-state index contributed by atoms with van der Waals surface area (Å²) in [7, 11) is 1.95. The molecule has 4 rings (SSSR count). The fourth-order valence-electron chi connectivity index (χ4n) is 2.80. The number of imidazole rings is 1. The summed E-state index contributed by atoms with van der Waals surface area (Å²) in [6.07, 6.45) is 0. The molecule has 2 aromatic carbocycles. The fraction of sp³-hybridized carbons (Fsp3) is 0.111. The number of benzene rings is 2. The van der Waals surface area contributed by atoms with Crippen molar-refractivity contribution in [1.82, 2.24) is 9.55 Å². The molecule has 3 aromatic rings. The molecule has 0 aliphatic carbocycles. The van der Waals surface area contributed by atoms with Crippen molar-refractivity contribution in [1.29, 1.82) is 5.26 Å². The highest BCUT2D eigenvalue weighted by Crippen LogP contribution is 2.36. The van der Waals surface area contributed by atoms with Gasteiger partial charge in [-0.15, -0.1) is 11.8 Å². The van der Waals surface area contributed by atoms with Crippen molar-refractivity contribution in [3.8, 4) is 6.07 Å². The number of thioether (sulfide) groups is 1. The minimum Gasteiger partial charge on any atom is -0.356 e. The Morgan fingerprint density at radius 3 is 2.83 bits per heavy atom. The number of nitrogens with zero attached hydrogens (tertiary/aromatic N) is 3. The predicted octanol–water partition coefficient (Wildman–Crippen LogP) is 4.03. The molecule has 1 aliphatic rings. The lowest BCUT2D eigenvalue weighted by Gasteiger charge is -2.21. The first-order valence-electron chi connectivity index (χ1n) is 7.32. The number of hydrogen-bond acceptors (Lipinski definition) is 4. The van der Waals surface area contributed by atoms with E-state index in [4.69, 9.17) is 0 Å². The zero-order chi connectivity index (χ0) is 15.8. The maximum Gasteiger partial charge on any atom is 0.153 e. The van der Waals surface area contributed by atoms with Crippen LogP contribution in [-0.4, -0.2) is 15.3 Å². The third-order valence-electron chi connectivity index (χ3n) is 3.97. The first kappa shape index (κ1) is 13.9. The minimum absolute atomic E-state index is 0.603. The van der Waals surface area contributed by atoms with E-state index in [9.17, 15) is 5.26 Å². The third-order valence-corrected chi connectivity index (χ3v) is 5.07. The van der Waals surface area contributed by atoms with Crippen molar-refractivity contribution >= 4 is 34.1 Å². The van der Waals surface area contributed by atoms with E-state index in [1.807, 2.05) is 54.1 Å². The van der Waals surface area contributed by atoms with Gasteiger partial charge in [-0.1, -0.05) is 24.3 Å². The molecule has 0 spiro atoms. The second-order valence-electron chi connectivity index (χ2n) is 5.36. The summed E-state index contributed by atoms with van der Waals surface area (Å²) < 4.78 is 1.98. The van der Waals surface area contributed by atoms with Gasteiger partial charge >= 0.3 is 0 Å². The highest BCUT2D eigenvalue weighted by molar-refractivity contribution is 7.99. The van der Waals surface area contributed by atoms with E-state index in [1.165, 1.54) is 4.90 Å². The largest absolute Gasteiger partial charge is 0.356 e. The minimum atomic E-state index is 0.603. The Morgan fingerprint density at radius 1 is 1.22 bits per heavy atom. The molecule has 0 saturated heterocycles. The van der Waals surface area contributed by atoms with Gasteiger partial charge in [0.05, 0.1) is 16.7 Å². The molecule has 23 heavy (non-hydrogen) atoms. The van der Waals surface area contributed by atoms with Crippen LogP contribution >= 0.6 is 11.8 Å². The molecule has 2 heterocycles. The number of anilines is 1. The van der Waals surface area contributed by atoms with E-state index in [-0.39, 0.29) is 0 Å². The molecular formula is C18H14N4S. The molecule has 0 atom stereocenters. The van der Waals surface area contributed by atoms with Gasteiger partial charge in [0.1, 0.15) is 11.6 Å². The number of allylic oxidation sites excluding steroid dienone is 1. The van der Waals surface area contributed by atoms with Crippen molar-refractivity contribution in [3.63, 3.8) is 0 Å². The zero-order valence-corrected chi connectivity index (χ0v) is 13.4. The topological polar surface area (TPSA) is 53.6 Å². The molecule has 1 aliphatic heterocycles. The average Bonchev–Trinajstić information content (AvgIpc) is 2.93. The van der Waals surface area contributed by atoms with E-state index in [0.29, 0.717) is 11.4 Å². The Labute approximate surface area is 138 Å². The number of hydrogen-bond donors (Lipinski definition) is 1. The summed E-state index contributed by atoms with van der Waals surface area (Å²) in [6, 6.07) is 18.4. The second-order valence-corrected chi connectivity index (χ2v) is 6.38.